The number of nitrogens with two attached hydrogens (primary N) is 1. The van der Waals surface area contributed by atoms with Crippen molar-refractivity contribution in [2.24, 2.45) is 11.7 Å². The zero-order chi connectivity index (χ0) is 18.7. The number of carbonyl (C=O) groups is 1. The largest absolute Gasteiger partial charge is 0.329 e. The smallest absolute Gasteiger partial charge is 0.241 e. The molecule has 2 aromatic rings. The summed E-state index contributed by atoms with van der Waals surface area (Å²) in [4.78, 5) is 11.6. The van der Waals surface area contributed by atoms with Crippen LogP contribution in [0, 0.1) is 5.92 Å². The number of hydrogen-bond acceptors (Lipinski definition) is 4. The van der Waals surface area contributed by atoms with Crippen LogP contribution in [0.2, 0.25) is 0 Å². The van der Waals surface area contributed by atoms with Crippen LogP contribution in [-0.2, 0) is 14.8 Å². The summed E-state index contributed by atoms with van der Waals surface area (Å²) in [5.41, 5.74) is 6.45. The number of nitrogens with one attached hydrogen (secondary N) is 2. The Morgan fingerprint density at radius 1 is 1.15 bits per heavy atom. The molecule has 3 rings (SSSR count). The molecule has 1 atom stereocenters. The summed E-state index contributed by atoms with van der Waals surface area (Å²) in [6.07, 6.45) is 4.26. The maximum Gasteiger partial charge on any atom is 0.241 e. The first-order valence-corrected chi connectivity index (χ1v) is 10.4. The molecule has 0 heterocycles. The Labute approximate surface area is 154 Å². The topological polar surface area (TPSA) is 101 Å². The van der Waals surface area contributed by atoms with Crippen LogP contribution in [0.5, 0.6) is 0 Å². The highest BCUT2D eigenvalue weighted by atomic mass is 32.2. The fraction of sp³-hybridized carbons (Fsp3) is 0.421. The molecule has 1 unspecified atom stereocenters. The van der Waals surface area contributed by atoms with E-state index in [0.717, 1.165) is 25.7 Å². The number of hydrogen-bond donors (Lipinski definition) is 3. The third kappa shape index (κ3) is 3.90. The fourth-order valence-corrected chi connectivity index (χ4v) is 5.29. The number of sulfonamides is 1. The van der Waals surface area contributed by atoms with Crippen LogP contribution >= 0.6 is 0 Å². The molecule has 0 saturated heterocycles. The van der Waals surface area contributed by atoms with Gasteiger partial charge >= 0.3 is 0 Å². The fourth-order valence-electron chi connectivity index (χ4n) is 3.76. The summed E-state index contributed by atoms with van der Waals surface area (Å²) in [7, 11) is -3.72. The van der Waals surface area contributed by atoms with Gasteiger partial charge in [-0.15, -0.1) is 0 Å². The lowest BCUT2D eigenvalue weighted by molar-refractivity contribution is -0.114. The third-order valence-electron chi connectivity index (χ3n) is 5.01. The third-order valence-corrected chi connectivity index (χ3v) is 6.56. The van der Waals surface area contributed by atoms with Crippen molar-refractivity contribution >= 4 is 32.4 Å². The second-order valence-electron chi connectivity index (χ2n) is 6.85. The van der Waals surface area contributed by atoms with Crippen molar-refractivity contribution in [1.29, 1.82) is 0 Å². The van der Waals surface area contributed by atoms with Gasteiger partial charge in [-0.3, -0.25) is 4.79 Å². The molecule has 1 aliphatic carbocycles. The molecule has 1 amide bonds. The van der Waals surface area contributed by atoms with Gasteiger partial charge in [0.05, 0.1) is 4.90 Å². The first-order valence-electron chi connectivity index (χ1n) is 8.94. The van der Waals surface area contributed by atoms with Gasteiger partial charge in [-0.1, -0.05) is 37.1 Å². The number of anilines is 1. The predicted octanol–water partition coefficient (Wildman–Crippen LogP) is 2.59. The second-order valence-corrected chi connectivity index (χ2v) is 8.53. The Hall–Kier alpha value is -1.96. The van der Waals surface area contributed by atoms with Crippen LogP contribution in [0.1, 0.15) is 32.6 Å². The molecule has 0 aliphatic heterocycles. The van der Waals surface area contributed by atoms with Crippen molar-refractivity contribution in [2.45, 2.75) is 43.5 Å². The minimum Gasteiger partial charge on any atom is -0.329 e. The summed E-state index contributed by atoms with van der Waals surface area (Å²) >= 11 is 0. The summed E-state index contributed by atoms with van der Waals surface area (Å²) < 4.78 is 28.9. The van der Waals surface area contributed by atoms with Crippen molar-refractivity contribution < 1.29 is 13.2 Å². The summed E-state index contributed by atoms with van der Waals surface area (Å²) in [5, 5.41) is 4.02. The normalized spacial score (nSPS) is 16.7. The highest BCUT2D eigenvalue weighted by Gasteiger charge is 2.29. The molecule has 2 aromatic carbocycles. The van der Waals surface area contributed by atoms with E-state index in [1.54, 1.807) is 24.3 Å². The van der Waals surface area contributed by atoms with E-state index in [0.29, 0.717) is 22.4 Å². The van der Waals surface area contributed by atoms with E-state index in [1.807, 2.05) is 6.07 Å². The van der Waals surface area contributed by atoms with Gasteiger partial charge in [-0.2, -0.15) is 0 Å². The standard InChI is InChI=1S/C19H25N3O3S/c1-13(23)21-17-10-11-19(16-9-5-4-8-15(16)17)26(24,25)22-18(12-20)14-6-2-3-7-14/h4-5,8-11,14,18,22H,2-3,6-7,12,20H2,1H3,(H,21,23). The Morgan fingerprint density at radius 3 is 2.42 bits per heavy atom. The number of rotatable bonds is 6. The molecule has 6 nitrogen and oxygen atoms in total. The van der Waals surface area contributed by atoms with Crippen LogP contribution < -0.4 is 15.8 Å². The number of fused-ring (bicyclic) bond motifs is 1. The van der Waals surface area contributed by atoms with E-state index in [2.05, 4.69) is 10.0 Å². The molecular formula is C19H25N3O3S. The monoisotopic (exact) mass is 375 g/mol. The zero-order valence-corrected chi connectivity index (χ0v) is 15.7. The summed E-state index contributed by atoms with van der Waals surface area (Å²) in [6, 6.07) is 10.1. The molecule has 1 saturated carbocycles. The molecule has 1 aliphatic rings. The minimum atomic E-state index is -3.72. The minimum absolute atomic E-state index is 0.201. The van der Waals surface area contributed by atoms with Crippen LogP contribution in [0.25, 0.3) is 10.8 Å². The second kappa shape index (κ2) is 7.73. The summed E-state index contributed by atoms with van der Waals surface area (Å²) in [5.74, 6) is 0.0907. The molecule has 0 spiro atoms. The van der Waals surface area contributed by atoms with Crippen molar-refractivity contribution in [3.8, 4) is 0 Å². The van der Waals surface area contributed by atoms with E-state index in [4.69, 9.17) is 5.73 Å². The van der Waals surface area contributed by atoms with Gasteiger partial charge in [0.25, 0.3) is 0 Å². The Morgan fingerprint density at radius 2 is 1.81 bits per heavy atom. The average molecular weight is 375 g/mol. The first kappa shape index (κ1) is 18.8. The van der Waals surface area contributed by atoms with Crippen molar-refractivity contribution in [3.63, 3.8) is 0 Å². The Bertz CT molecular complexity index is 905. The highest BCUT2D eigenvalue weighted by Crippen LogP contribution is 2.31. The number of amides is 1. The van der Waals surface area contributed by atoms with Crippen molar-refractivity contribution in [2.75, 3.05) is 11.9 Å². The Balaban J connectivity index is 1.99. The molecule has 0 aromatic heterocycles. The lowest BCUT2D eigenvalue weighted by Gasteiger charge is -2.23. The lowest BCUT2D eigenvalue weighted by Crippen LogP contribution is -2.44. The first-order chi connectivity index (χ1) is 12.4. The van der Waals surface area contributed by atoms with Gasteiger partial charge in [-0.25, -0.2) is 13.1 Å². The molecule has 140 valence electrons. The van der Waals surface area contributed by atoms with Crippen LogP contribution in [0.3, 0.4) is 0 Å². The van der Waals surface area contributed by atoms with Gasteiger partial charge in [0, 0.05) is 36.0 Å². The predicted molar refractivity (Wildman–Crippen MR) is 103 cm³/mol. The number of carbonyl (C=O) groups excluding carboxylic acids is 1. The molecule has 7 heteroatoms. The van der Waals surface area contributed by atoms with Gasteiger partial charge in [0.15, 0.2) is 0 Å². The SMILES string of the molecule is CC(=O)Nc1ccc(S(=O)(=O)NC(CN)C2CCCC2)c2ccccc12. The molecule has 1 fully saturated rings. The molecule has 4 N–H and O–H groups in total. The molecule has 0 radical (unpaired) electrons. The maximum atomic E-state index is 13.1. The lowest BCUT2D eigenvalue weighted by atomic mass is 9.99. The highest BCUT2D eigenvalue weighted by molar-refractivity contribution is 7.89. The van der Waals surface area contributed by atoms with Gasteiger partial charge < -0.3 is 11.1 Å². The molecular weight excluding hydrogens is 350 g/mol. The van der Waals surface area contributed by atoms with Crippen molar-refractivity contribution in [1.82, 2.24) is 4.72 Å². The van der Waals surface area contributed by atoms with E-state index >= 15 is 0 Å². The van der Waals surface area contributed by atoms with E-state index < -0.39 is 10.0 Å². The van der Waals surface area contributed by atoms with Crippen molar-refractivity contribution in [3.05, 3.63) is 36.4 Å². The average Bonchev–Trinajstić information content (AvgIpc) is 3.14. The van der Waals surface area contributed by atoms with E-state index in [-0.39, 0.29) is 23.4 Å². The molecule has 0 bridgehead atoms. The van der Waals surface area contributed by atoms with Crippen LogP contribution in [-0.4, -0.2) is 26.9 Å². The van der Waals surface area contributed by atoms with Crippen LogP contribution in [0.15, 0.2) is 41.3 Å². The van der Waals surface area contributed by atoms with Gasteiger partial charge in [0.1, 0.15) is 0 Å². The van der Waals surface area contributed by atoms with E-state index in [1.165, 1.54) is 13.0 Å². The van der Waals surface area contributed by atoms with Crippen LogP contribution in [0.4, 0.5) is 5.69 Å². The van der Waals surface area contributed by atoms with Gasteiger partial charge in [0.2, 0.25) is 15.9 Å². The zero-order valence-electron chi connectivity index (χ0n) is 14.9. The maximum absolute atomic E-state index is 13.1. The Kier molecular flexibility index (Phi) is 5.60. The van der Waals surface area contributed by atoms with E-state index in [9.17, 15) is 13.2 Å². The quantitative estimate of drug-likeness (QED) is 0.722. The summed E-state index contributed by atoms with van der Waals surface area (Å²) in [6.45, 7) is 1.71. The van der Waals surface area contributed by atoms with Gasteiger partial charge in [-0.05, 0) is 30.9 Å². The molecule has 26 heavy (non-hydrogen) atoms. The number of benzene rings is 2.